The lowest BCUT2D eigenvalue weighted by atomic mass is 10.1. The molecule has 122 valence electrons. The van der Waals surface area contributed by atoms with E-state index in [1.54, 1.807) is 12.5 Å². The van der Waals surface area contributed by atoms with E-state index in [1.165, 1.54) is 5.69 Å². The van der Waals surface area contributed by atoms with Gasteiger partial charge in [-0.05, 0) is 37.6 Å². The van der Waals surface area contributed by atoms with E-state index < -0.39 is 0 Å². The molecular weight excluding hydrogens is 300 g/mol. The molecule has 0 saturated heterocycles. The SMILES string of the molecule is CCN1CNc2cc3c(NC(C)c4cccnc4)ncnc3cc21. The molecular formula is C18H20N6. The molecule has 1 aliphatic rings. The zero-order chi connectivity index (χ0) is 16.5. The third-order valence-corrected chi connectivity index (χ3v) is 4.47. The molecule has 2 N–H and O–H groups in total. The van der Waals surface area contributed by atoms with Gasteiger partial charge in [0.15, 0.2) is 0 Å². The fourth-order valence-corrected chi connectivity index (χ4v) is 3.08. The summed E-state index contributed by atoms with van der Waals surface area (Å²) in [6.45, 7) is 6.07. The van der Waals surface area contributed by atoms with E-state index >= 15 is 0 Å². The Balaban J connectivity index is 1.72. The maximum absolute atomic E-state index is 4.45. The second-order valence-electron chi connectivity index (χ2n) is 5.95. The summed E-state index contributed by atoms with van der Waals surface area (Å²) >= 11 is 0. The molecule has 0 saturated carbocycles. The number of nitrogens with zero attached hydrogens (tertiary/aromatic N) is 4. The maximum Gasteiger partial charge on any atom is 0.137 e. The van der Waals surface area contributed by atoms with Crippen molar-refractivity contribution in [2.45, 2.75) is 19.9 Å². The van der Waals surface area contributed by atoms with Gasteiger partial charge >= 0.3 is 0 Å². The number of pyridine rings is 1. The van der Waals surface area contributed by atoms with Gasteiger partial charge in [0.2, 0.25) is 0 Å². The van der Waals surface area contributed by atoms with Crippen molar-refractivity contribution in [3.63, 3.8) is 0 Å². The number of benzene rings is 1. The van der Waals surface area contributed by atoms with Gasteiger partial charge in [0.05, 0.1) is 29.6 Å². The van der Waals surface area contributed by atoms with Gasteiger partial charge in [-0.25, -0.2) is 9.97 Å². The van der Waals surface area contributed by atoms with Gasteiger partial charge < -0.3 is 15.5 Å². The van der Waals surface area contributed by atoms with Crippen LogP contribution in [0.15, 0.2) is 43.0 Å². The predicted octanol–water partition coefficient (Wildman–Crippen LogP) is 3.41. The Morgan fingerprint density at radius 2 is 2.25 bits per heavy atom. The Morgan fingerprint density at radius 1 is 1.33 bits per heavy atom. The van der Waals surface area contributed by atoms with Gasteiger partial charge in [-0.2, -0.15) is 0 Å². The van der Waals surface area contributed by atoms with Crippen LogP contribution in [0.4, 0.5) is 17.2 Å². The summed E-state index contributed by atoms with van der Waals surface area (Å²) in [5.74, 6) is 0.843. The first-order valence-electron chi connectivity index (χ1n) is 8.20. The van der Waals surface area contributed by atoms with Crippen molar-refractivity contribution in [2.75, 3.05) is 28.7 Å². The zero-order valence-electron chi connectivity index (χ0n) is 13.8. The van der Waals surface area contributed by atoms with Crippen LogP contribution in [-0.2, 0) is 0 Å². The van der Waals surface area contributed by atoms with Crippen molar-refractivity contribution >= 4 is 28.1 Å². The quantitative estimate of drug-likeness (QED) is 0.768. The summed E-state index contributed by atoms with van der Waals surface area (Å²) in [6, 6.07) is 8.40. The number of hydrogen-bond acceptors (Lipinski definition) is 6. The van der Waals surface area contributed by atoms with E-state index in [9.17, 15) is 0 Å². The topological polar surface area (TPSA) is 66.0 Å². The summed E-state index contributed by atoms with van der Waals surface area (Å²) in [5.41, 5.74) is 4.42. The highest BCUT2D eigenvalue weighted by Gasteiger charge is 2.19. The van der Waals surface area contributed by atoms with Crippen LogP contribution in [0, 0.1) is 0 Å². The third-order valence-electron chi connectivity index (χ3n) is 4.47. The lowest BCUT2D eigenvalue weighted by Gasteiger charge is -2.17. The van der Waals surface area contributed by atoms with Crippen LogP contribution in [0.5, 0.6) is 0 Å². The molecule has 1 unspecified atom stereocenters. The average Bonchev–Trinajstić information content (AvgIpc) is 3.03. The Morgan fingerprint density at radius 3 is 3.04 bits per heavy atom. The Labute approximate surface area is 141 Å². The Bertz CT molecular complexity index is 864. The van der Waals surface area contributed by atoms with Crippen LogP contribution in [0.25, 0.3) is 10.9 Å². The van der Waals surface area contributed by atoms with Gasteiger partial charge in [-0.1, -0.05) is 6.07 Å². The summed E-state index contributed by atoms with van der Waals surface area (Å²) in [4.78, 5) is 15.4. The number of fused-ring (bicyclic) bond motifs is 2. The minimum atomic E-state index is 0.116. The number of rotatable bonds is 4. The van der Waals surface area contributed by atoms with Crippen LogP contribution in [-0.4, -0.2) is 28.2 Å². The van der Waals surface area contributed by atoms with Gasteiger partial charge in [0, 0.05) is 24.3 Å². The van der Waals surface area contributed by atoms with E-state index in [4.69, 9.17) is 0 Å². The maximum atomic E-state index is 4.45. The normalized spacial score (nSPS) is 14.3. The molecule has 0 spiro atoms. The highest BCUT2D eigenvalue weighted by atomic mass is 15.3. The molecule has 4 rings (SSSR count). The van der Waals surface area contributed by atoms with Crippen molar-refractivity contribution in [1.29, 1.82) is 0 Å². The van der Waals surface area contributed by atoms with E-state index in [0.717, 1.165) is 41.2 Å². The van der Waals surface area contributed by atoms with Gasteiger partial charge in [-0.15, -0.1) is 0 Å². The van der Waals surface area contributed by atoms with Crippen molar-refractivity contribution in [3.05, 3.63) is 48.5 Å². The molecule has 1 aliphatic heterocycles. The monoisotopic (exact) mass is 320 g/mol. The van der Waals surface area contributed by atoms with Crippen LogP contribution in [0.1, 0.15) is 25.5 Å². The highest BCUT2D eigenvalue weighted by Crippen LogP contribution is 2.36. The summed E-state index contributed by atoms with van der Waals surface area (Å²) < 4.78 is 0. The summed E-state index contributed by atoms with van der Waals surface area (Å²) in [6.07, 6.45) is 5.27. The van der Waals surface area contributed by atoms with Crippen molar-refractivity contribution in [2.24, 2.45) is 0 Å². The first-order valence-corrected chi connectivity index (χ1v) is 8.20. The molecule has 1 atom stereocenters. The number of nitrogens with one attached hydrogen (secondary N) is 2. The average molecular weight is 320 g/mol. The lowest BCUT2D eigenvalue weighted by molar-refractivity contribution is 0.867. The van der Waals surface area contributed by atoms with Crippen LogP contribution < -0.4 is 15.5 Å². The molecule has 6 heteroatoms. The Kier molecular flexibility index (Phi) is 3.65. The van der Waals surface area contributed by atoms with Crippen molar-refractivity contribution in [1.82, 2.24) is 15.0 Å². The van der Waals surface area contributed by atoms with Crippen molar-refractivity contribution in [3.8, 4) is 0 Å². The van der Waals surface area contributed by atoms with Crippen LogP contribution >= 0.6 is 0 Å². The van der Waals surface area contributed by atoms with Gasteiger partial charge in [0.25, 0.3) is 0 Å². The molecule has 3 aromatic rings. The standard InChI is InChI=1S/C18H20N6/c1-3-24-11-22-16-7-14-15(8-17(16)24)20-10-21-18(14)23-12(2)13-5-4-6-19-9-13/h4-10,12,22H,3,11H2,1-2H3,(H,20,21,23). The lowest BCUT2D eigenvalue weighted by Crippen LogP contribution is -2.21. The first-order chi connectivity index (χ1) is 11.8. The molecule has 1 aromatic carbocycles. The molecule has 0 radical (unpaired) electrons. The summed E-state index contributed by atoms with van der Waals surface area (Å²) in [5, 5.41) is 7.95. The van der Waals surface area contributed by atoms with E-state index in [0.29, 0.717) is 0 Å². The minimum absolute atomic E-state index is 0.116. The Hall–Kier alpha value is -2.89. The number of aromatic nitrogens is 3. The molecule has 6 nitrogen and oxygen atoms in total. The molecule has 24 heavy (non-hydrogen) atoms. The minimum Gasteiger partial charge on any atom is -0.366 e. The molecule has 2 aromatic heterocycles. The smallest absolute Gasteiger partial charge is 0.137 e. The highest BCUT2D eigenvalue weighted by molar-refractivity contribution is 5.97. The van der Waals surface area contributed by atoms with Crippen LogP contribution in [0.2, 0.25) is 0 Å². The van der Waals surface area contributed by atoms with E-state index in [1.807, 2.05) is 12.3 Å². The molecule has 0 bridgehead atoms. The van der Waals surface area contributed by atoms with Gasteiger partial charge in [-0.3, -0.25) is 4.98 Å². The molecule has 3 heterocycles. The fourth-order valence-electron chi connectivity index (χ4n) is 3.08. The largest absolute Gasteiger partial charge is 0.366 e. The van der Waals surface area contributed by atoms with Gasteiger partial charge in [0.1, 0.15) is 12.1 Å². The molecule has 0 amide bonds. The number of hydrogen-bond donors (Lipinski definition) is 2. The first kappa shape index (κ1) is 14.7. The van der Waals surface area contributed by atoms with Crippen LogP contribution in [0.3, 0.4) is 0 Å². The zero-order valence-corrected chi connectivity index (χ0v) is 13.8. The number of anilines is 3. The second-order valence-corrected chi connectivity index (χ2v) is 5.95. The summed E-state index contributed by atoms with van der Waals surface area (Å²) in [7, 11) is 0. The molecule has 0 fully saturated rings. The van der Waals surface area contributed by atoms with E-state index in [2.05, 4.69) is 62.5 Å². The third kappa shape index (κ3) is 2.50. The second kappa shape index (κ2) is 5.96. The van der Waals surface area contributed by atoms with Crippen molar-refractivity contribution < 1.29 is 0 Å². The molecule has 0 aliphatic carbocycles. The fraction of sp³-hybridized carbons (Fsp3) is 0.278. The predicted molar refractivity (Wildman–Crippen MR) is 97.3 cm³/mol. The van der Waals surface area contributed by atoms with E-state index in [-0.39, 0.29) is 6.04 Å².